The van der Waals surface area contributed by atoms with Gasteiger partial charge < -0.3 is 20.2 Å². The van der Waals surface area contributed by atoms with Crippen molar-refractivity contribution >= 4 is 22.6 Å². The molecule has 10 heteroatoms. The molecular formula is C21H23FN6O3. The van der Waals surface area contributed by atoms with Crippen molar-refractivity contribution in [3.05, 3.63) is 67.7 Å². The van der Waals surface area contributed by atoms with Crippen LogP contribution in [-0.2, 0) is 6.54 Å². The molecule has 1 amide bonds. The van der Waals surface area contributed by atoms with Gasteiger partial charge in [0.15, 0.2) is 5.82 Å². The topological polar surface area (TPSA) is 114 Å². The van der Waals surface area contributed by atoms with Crippen LogP contribution in [0.25, 0.3) is 11.0 Å². The van der Waals surface area contributed by atoms with Crippen LogP contribution in [0.2, 0.25) is 0 Å². The van der Waals surface area contributed by atoms with Gasteiger partial charge in [-0.1, -0.05) is 6.07 Å². The van der Waals surface area contributed by atoms with Crippen molar-refractivity contribution in [2.45, 2.75) is 13.5 Å². The summed E-state index contributed by atoms with van der Waals surface area (Å²) in [5, 5.41) is 1.83. The summed E-state index contributed by atoms with van der Waals surface area (Å²) in [6.07, 6.45) is 0. The number of carbonyl (C=O) groups is 1. The van der Waals surface area contributed by atoms with Gasteiger partial charge in [0, 0.05) is 49.4 Å². The van der Waals surface area contributed by atoms with E-state index in [-0.39, 0.29) is 16.9 Å². The number of H-pyrrole nitrogens is 2. The van der Waals surface area contributed by atoms with Crippen molar-refractivity contribution < 1.29 is 13.3 Å². The molecule has 9 nitrogen and oxygen atoms in total. The number of hydrogen-bond donors (Lipinski definition) is 3. The lowest BCUT2D eigenvalue weighted by Crippen LogP contribution is -2.47. The van der Waals surface area contributed by atoms with Crippen LogP contribution in [0.15, 0.2) is 33.9 Å². The first-order valence-electron chi connectivity index (χ1n) is 11.2. The molecule has 0 spiro atoms. The van der Waals surface area contributed by atoms with Crippen molar-refractivity contribution in [1.82, 2.24) is 25.2 Å². The van der Waals surface area contributed by atoms with Crippen LogP contribution in [0.3, 0.4) is 0 Å². The zero-order valence-corrected chi connectivity index (χ0v) is 16.8. The van der Waals surface area contributed by atoms with Gasteiger partial charge in [-0.15, -0.1) is 0 Å². The predicted molar refractivity (Wildman–Crippen MR) is 115 cm³/mol. The van der Waals surface area contributed by atoms with Crippen LogP contribution in [-0.4, -0.2) is 58.9 Å². The number of aromatic nitrogens is 3. The molecule has 0 saturated carbocycles. The smallest absolute Gasteiger partial charge is 0.272 e. The summed E-state index contributed by atoms with van der Waals surface area (Å²) in [4.78, 5) is 49.2. The van der Waals surface area contributed by atoms with Crippen molar-refractivity contribution in [2.75, 3.05) is 38.1 Å². The lowest BCUT2D eigenvalue weighted by molar-refractivity contribution is 0.0958. The minimum absolute atomic E-state index is 0.0842. The van der Waals surface area contributed by atoms with Gasteiger partial charge in [0.25, 0.3) is 17.0 Å². The monoisotopic (exact) mass is 429 g/mol. The van der Waals surface area contributed by atoms with Crippen LogP contribution >= 0.6 is 0 Å². The summed E-state index contributed by atoms with van der Waals surface area (Å²) in [7, 11) is 0. The van der Waals surface area contributed by atoms with Gasteiger partial charge in [0.1, 0.15) is 22.6 Å². The van der Waals surface area contributed by atoms with E-state index in [9.17, 15) is 18.8 Å². The Morgan fingerprint density at radius 3 is 2.65 bits per heavy atom. The van der Waals surface area contributed by atoms with Gasteiger partial charge in [-0.25, -0.2) is 9.37 Å². The Kier molecular flexibility index (Phi) is 4.60. The van der Waals surface area contributed by atoms with Crippen molar-refractivity contribution in [1.29, 1.82) is 0 Å². The molecule has 0 bridgehead atoms. The molecule has 0 atom stereocenters. The second-order valence-electron chi connectivity index (χ2n) is 7.39. The summed E-state index contributed by atoms with van der Waals surface area (Å²) < 4.78 is 36.3. The van der Waals surface area contributed by atoms with E-state index in [0.717, 1.165) is 0 Å². The minimum atomic E-state index is -2.65. The molecule has 1 fully saturated rings. The number of nitrogens with one attached hydrogen (secondary N) is 3. The number of anilines is 1. The molecule has 4 rings (SSSR count). The highest BCUT2D eigenvalue weighted by Gasteiger charge is 2.21. The van der Waals surface area contributed by atoms with Crippen LogP contribution in [0.4, 0.5) is 10.1 Å². The Labute approximate surface area is 181 Å². The Balaban J connectivity index is 1.42. The number of nitrogens with zero attached hydrogens (tertiary/aromatic N) is 3. The molecular weight excluding hydrogens is 403 g/mol. The highest BCUT2D eigenvalue weighted by atomic mass is 19.1. The van der Waals surface area contributed by atoms with E-state index in [1.807, 2.05) is 15.1 Å². The third kappa shape index (κ3) is 4.06. The van der Waals surface area contributed by atoms with E-state index >= 15 is 0 Å². The zero-order chi connectivity index (χ0) is 24.6. The van der Waals surface area contributed by atoms with Crippen LogP contribution < -0.4 is 21.3 Å². The first-order chi connectivity index (χ1) is 16.0. The zero-order valence-electron chi connectivity index (χ0n) is 19.8. The molecule has 3 N–H and O–H groups in total. The fourth-order valence-corrected chi connectivity index (χ4v) is 3.68. The first-order valence-corrected chi connectivity index (χ1v) is 9.73. The number of piperazine rings is 1. The van der Waals surface area contributed by atoms with Crippen molar-refractivity contribution in [3.63, 3.8) is 0 Å². The molecule has 0 unspecified atom stereocenters. The minimum Gasteiger partial charge on any atom is -0.365 e. The molecule has 31 heavy (non-hydrogen) atoms. The molecule has 1 aliphatic heterocycles. The maximum atomic E-state index is 15.0. The lowest BCUT2D eigenvalue weighted by atomic mass is 10.1. The molecule has 0 radical (unpaired) electrons. The molecule has 162 valence electrons. The highest BCUT2D eigenvalue weighted by Crippen LogP contribution is 2.20. The molecule has 3 aromatic rings. The normalized spacial score (nSPS) is 16.6. The average Bonchev–Trinajstić information content (AvgIpc) is 2.77. The number of aryl methyl sites for hydroxylation is 1. The summed E-state index contributed by atoms with van der Waals surface area (Å²) >= 11 is 0. The van der Waals surface area contributed by atoms with Gasteiger partial charge in [-0.3, -0.25) is 19.3 Å². The lowest BCUT2D eigenvalue weighted by Gasteiger charge is -2.35. The fourth-order valence-electron chi connectivity index (χ4n) is 3.68. The number of amides is 1. The Morgan fingerprint density at radius 1 is 1.16 bits per heavy atom. The summed E-state index contributed by atoms with van der Waals surface area (Å²) in [6, 6.07) is 6.18. The standard InChI is InChI=1S/C21H23FN6O3/c1-12-19(29)26-18-14(24-12)4-3-13(17(18)22)11-27-7-9-28(10-8-27)16-6-5-15(20(30)23-2)25-21(16)31/h3-6H,7-11H2,1-2H3,(H,23,30)(H,25,31)(H,26,29)/i2D3. The Morgan fingerprint density at radius 2 is 1.94 bits per heavy atom. The first kappa shape index (κ1) is 17.2. The van der Waals surface area contributed by atoms with E-state index in [1.54, 1.807) is 19.1 Å². The Hall–Kier alpha value is -3.53. The number of aromatic amines is 2. The quantitative estimate of drug-likeness (QED) is 0.564. The summed E-state index contributed by atoms with van der Waals surface area (Å²) in [5.41, 5.74) is 0.475. The van der Waals surface area contributed by atoms with Crippen LogP contribution in [0, 0.1) is 12.7 Å². The number of hydrogen-bond acceptors (Lipinski definition) is 6. The Bertz CT molecular complexity index is 1360. The second-order valence-corrected chi connectivity index (χ2v) is 7.39. The van der Waals surface area contributed by atoms with E-state index in [1.165, 1.54) is 12.1 Å². The van der Waals surface area contributed by atoms with Gasteiger partial charge in [0.2, 0.25) is 0 Å². The molecule has 1 aromatic carbocycles. The van der Waals surface area contributed by atoms with E-state index in [2.05, 4.69) is 15.0 Å². The maximum absolute atomic E-state index is 15.0. The number of rotatable bonds is 4. The SMILES string of the molecule is [2H]C([2H])([2H])NC(=O)c1ccc(N2CCN(Cc3ccc4nc(C)c(=O)[nH]c4c3F)CC2)c(=O)[nH]1. The summed E-state index contributed by atoms with van der Waals surface area (Å²) in [5.74, 6) is -1.40. The van der Waals surface area contributed by atoms with Crippen LogP contribution in [0.1, 0.15) is 25.9 Å². The number of fused-ring (bicyclic) bond motifs is 1. The molecule has 1 aliphatic rings. The number of pyridine rings is 1. The van der Waals surface area contributed by atoms with E-state index in [4.69, 9.17) is 4.11 Å². The van der Waals surface area contributed by atoms with Crippen molar-refractivity contribution in [2.24, 2.45) is 0 Å². The van der Waals surface area contributed by atoms with Gasteiger partial charge in [-0.05, 0) is 25.1 Å². The van der Waals surface area contributed by atoms with Gasteiger partial charge >= 0.3 is 0 Å². The number of halogens is 1. The second kappa shape index (κ2) is 8.31. The molecule has 0 aliphatic carbocycles. The molecule has 1 saturated heterocycles. The molecule has 3 heterocycles. The largest absolute Gasteiger partial charge is 0.365 e. The number of carbonyl (C=O) groups excluding carboxylic acids is 1. The van der Waals surface area contributed by atoms with Gasteiger partial charge in [0.05, 0.1) is 5.52 Å². The van der Waals surface area contributed by atoms with E-state index in [0.29, 0.717) is 49.5 Å². The maximum Gasteiger partial charge on any atom is 0.272 e. The van der Waals surface area contributed by atoms with Crippen molar-refractivity contribution in [3.8, 4) is 0 Å². The fraction of sp³-hybridized carbons (Fsp3) is 0.333. The third-order valence-corrected chi connectivity index (χ3v) is 5.41. The molecule has 2 aromatic heterocycles. The number of benzene rings is 1. The highest BCUT2D eigenvalue weighted by molar-refractivity contribution is 5.92. The van der Waals surface area contributed by atoms with Crippen LogP contribution in [0.5, 0.6) is 0 Å². The predicted octanol–water partition coefficient (Wildman–Crippen LogP) is 0.741. The van der Waals surface area contributed by atoms with E-state index < -0.39 is 29.8 Å². The average molecular weight is 429 g/mol. The summed E-state index contributed by atoms with van der Waals surface area (Å²) in [6.45, 7) is 1.34. The van der Waals surface area contributed by atoms with Gasteiger partial charge in [-0.2, -0.15) is 0 Å². The third-order valence-electron chi connectivity index (χ3n) is 5.41.